The SMILES string of the molecule is CCOc1cc(C(=O)Nc2cnn(CCN(CC)CC)c2)ccc1OC. The molecule has 26 heavy (non-hydrogen) atoms. The van der Waals surface area contributed by atoms with Crippen LogP contribution in [0.5, 0.6) is 11.5 Å². The van der Waals surface area contributed by atoms with E-state index in [0.29, 0.717) is 29.4 Å². The van der Waals surface area contributed by atoms with Crippen molar-refractivity contribution in [2.45, 2.75) is 27.3 Å². The third-order valence-electron chi connectivity index (χ3n) is 4.16. The lowest BCUT2D eigenvalue weighted by atomic mass is 10.2. The lowest BCUT2D eigenvalue weighted by molar-refractivity contribution is 0.102. The molecule has 7 heteroatoms. The van der Waals surface area contributed by atoms with Crippen LogP contribution < -0.4 is 14.8 Å². The first-order valence-electron chi connectivity index (χ1n) is 8.98. The molecule has 1 amide bonds. The van der Waals surface area contributed by atoms with Crippen LogP contribution in [0.2, 0.25) is 0 Å². The van der Waals surface area contributed by atoms with Crippen molar-refractivity contribution in [2.24, 2.45) is 0 Å². The largest absolute Gasteiger partial charge is 0.493 e. The molecular weight excluding hydrogens is 332 g/mol. The number of anilines is 1. The van der Waals surface area contributed by atoms with E-state index in [1.54, 1.807) is 31.5 Å². The zero-order chi connectivity index (χ0) is 18.9. The van der Waals surface area contributed by atoms with Gasteiger partial charge in [-0.05, 0) is 38.2 Å². The minimum absolute atomic E-state index is 0.211. The fourth-order valence-electron chi connectivity index (χ4n) is 2.62. The molecule has 0 aliphatic heterocycles. The molecule has 0 saturated heterocycles. The molecule has 0 spiro atoms. The summed E-state index contributed by atoms with van der Waals surface area (Å²) >= 11 is 0. The van der Waals surface area contributed by atoms with Crippen LogP contribution in [-0.2, 0) is 6.54 Å². The Morgan fingerprint density at radius 2 is 2.00 bits per heavy atom. The lowest BCUT2D eigenvalue weighted by Crippen LogP contribution is -2.27. The predicted octanol–water partition coefficient (Wildman–Crippen LogP) is 2.88. The molecular formula is C19H28N4O3. The molecule has 0 aliphatic carbocycles. The number of ether oxygens (including phenoxy) is 2. The van der Waals surface area contributed by atoms with Gasteiger partial charge in [-0.15, -0.1) is 0 Å². The van der Waals surface area contributed by atoms with E-state index >= 15 is 0 Å². The van der Waals surface area contributed by atoms with E-state index in [1.165, 1.54) is 0 Å². The minimum atomic E-state index is -0.211. The second kappa shape index (κ2) is 9.82. The molecule has 7 nitrogen and oxygen atoms in total. The first-order chi connectivity index (χ1) is 12.6. The van der Waals surface area contributed by atoms with Crippen molar-refractivity contribution in [1.82, 2.24) is 14.7 Å². The van der Waals surface area contributed by atoms with E-state index in [-0.39, 0.29) is 5.91 Å². The van der Waals surface area contributed by atoms with Crippen LogP contribution in [0, 0.1) is 0 Å². The molecule has 0 bridgehead atoms. The summed E-state index contributed by atoms with van der Waals surface area (Å²) in [5.41, 5.74) is 1.17. The zero-order valence-electron chi connectivity index (χ0n) is 16.0. The Morgan fingerprint density at radius 1 is 1.23 bits per heavy atom. The molecule has 142 valence electrons. The number of nitrogens with one attached hydrogen (secondary N) is 1. The highest BCUT2D eigenvalue weighted by Crippen LogP contribution is 2.28. The van der Waals surface area contributed by atoms with Gasteiger partial charge in [0.05, 0.1) is 32.1 Å². The Morgan fingerprint density at radius 3 is 2.65 bits per heavy atom. The van der Waals surface area contributed by atoms with Gasteiger partial charge in [-0.25, -0.2) is 0 Å². The van der Waals surface area contributed by atoms with Crippen LogP contribution in [-0.4, -0.2) is 53.9 Å². The first-order valence-corrected chi connectivity index (χ1v) is 8.98. The van der Waals surface area contributed by atoms with Gasteiger partial charge in [0.15, 0.2) is 11.5 Å². The highest BCUT2D eigenvalue weighted by molar-refractivity contribution is 6.04. The highest BCUT2D eigenvalue weighted by atomic mass is 16.5. The summed E-state index contributed by atoms with van der Waals surface area (Å²) in [5.74, 6) is 0.946. The van der Waals surface area contributed by atoms with Crippen molar-refractivity contribution in [1.29, 1.82) is 0 Å². The van der Waals surface area contributed by atoms with Crippen LogP contribution in [0.1, 0.15) is 31.1 Å². The smallest absolute Gasteiger partial charge is 0.255 e. The van der Waals surface area contributed by atoms with Crippen molar-refractivity contribution in [3.63, 3.8) is 0 Å². The molecule has 1 aromatic heterocycles. The number of nitrogens with zero attached hydrogens (tertiary/aromatic N) is 3. The molecule has 0 radical (unpaired) electrons. The van der Waals surface area contributed by atoms with Gasteiger partial charge in [0.2, 0.25) is 0 Å². The molecule has 0 unspecified atom stereocenters. The third kappa shape index (κ3) is 5.23. The number of hydrogen-bond donors (Lipinski definition) is 1. The predicted molar refractivity (Wildman–Crippen MR) is 102 cm³/mol. The number of carbonyl (C=O) groups is 1. The second-order valence-corrected chi connectivity index (χ2v) is 5.77. The number of rotatable bonds is 10. The molecule has 0 atom stereocenters. The number of carbonyl (C=O) groups excluding carboxylic acids is 1. The second-order valence-electron chi connectivity index (χ2n) is 5.77. The van der Waals surface area contributed by atoms with E-state index in [9.17, 15) is 4.79 Å². The Balaban J connectivity index is 2.00. The third-order valence-corrected chi connectivity index (χ3v) is 4.16. The molecule has 2 aromatic rings. The molecule has 1 aromatic carbocycles. The summed E-state index contributed by atoms with van der Waals surface area (Å²) in [5, 5.41) is 7.18. The van der Waals surface area contributed by atoms with E-state index in [1.807, 2.05) is 17.8 Å². The number of hydrogen-bond acceptors (Lipinski definition) is 5. The molecule has 1 N–H and O–H groups in total. The van der Waals surface area contributed by atoms with E-state index in [0.717, 1.165) is 26.2 Å². The van der Waals surface area contributed by atoms with Crippen LogP contribution >= 0.6 is 0 Å². The van der Waals surface area contributed by atoms with Gasteiger partial charge in [0.25, 0.3) is 5.91 Å². The van der Waals surface area contributed by atoms with Gasteiger partial charge in [-0.2, -0.15) is 5.10 Å². The minimum Gasteiger partial charge on any atom is -0.493 e. The normalized spacial score (nSPS) is 10.8. The van der Waals surface area contributed by atoms with Crippen LogP contribution in [0.4, 0.5) is 5.69 Å². The highest BCUT2D eigenvalue weighted by Gasteiger charge is 2.12. The summed E-state index contributed by atoms with van der Waals surface area (Å²) in [6.45, 7) is 10.4. The van der Waals surface area contributed by atoms with E-state index < -0.39 is 0 Å². The molecule has 0 saturated carbocycles. The fraction of sp³-hybridized carbons (Fsp3) is 0.474. The lowest BCUT2D eigenvalue weighted by Gasteiger charge is -2.17. The Hall–Kier alpha value is -2.54. The van der Waals surface area contributed by atoms with E-state index in [4.69, 9.17) is 9.47 Å². The summed E-state index contributed by atoms with van der Waals surface area (Å²) in [6.07, 6.45) is 3.50. The molecule has 0 fully saturated rings. The molecule has 2 rings (SSSR count). The summed E-state index contributed by atoms with van der Waals surface area (Å²) < 4.78 is 12.6. The van der Waals surface area contributed by atoms with E-state index in [2.05, 4.69) is 29.2 Å². The monoisotopic (exact) mass is 360 g/mol. The Bertz CT molecular complexity index is 711. The number of aromatic nitrogens is 2. The van der Waals surface area contributed by atoms with Crippen LogP contribution in [0.25, 0.3) is 0 Å². The summed E-state index contributed by atoms with van der Waals surface area (Å²) in [6, 6.07) is 5.12. The Kier molecular flexibility index (Phi) is 7.47. The average molecular weight is 360 g/mol. The average Bonchev–Trinajstić information content (AvgIpc) is 3.10. The maximum absolute atomic E-state index is 12.5. The van der Waals surface area contributed by atoms with Crippen LogP contribution in [0.3, 0.4) is 0 Å². The van der Waals surface area contributed by atoms with Gasteiger partial charge < -0.3 is 19.7 Å². The summed E-state index contributed by atoms with van der Waals surface area (Å²) in [7, 11) is 1.57. The standard InChI is InChI=1S/C19H28N4O3/c1-5-22(6-2)10-11-23-14-16(13-20-23)21-19(24)15-8-9-17(25-4)18(12-15)26-7-3/h8-9,12-14H,5-7,10-11H2,1-4H3,(H,21,24). The number of methoxy groups -OCH3 is 1. The van der Waals surface area contributed by atoms with Gasteiger partial charge >= 0.3 is 0 Å². The Labute approximate surface area is 154 Å². The quantitative estimate of drug-likeness (QED) is 0.706. The number of likely N-dealkylation sites (N-methyl/N-ethyl adjacent to an activating group) is 1. The summed E-state index contributed by atoms with van der Waals surface area (Å²) in [4.78, 5) is 14.8. The van der Waals surface area contributed by atoms with Gasteiger partial charge in [0, 0.05) is 18.3 Å². The maximum Gasteiger partial charge on any atom is 0.255 e. The topological polar surface area (TPSA) is 68.6 Å². The van der Waals surface area contributed by atoms with Gasteiger partial charge in [-0.3, -0.25) is 9.48 Å². The van der Waals surface area contributed by atoms with Crippen molar-refractivity contribution < 1.29 is 14.3 Å². The number of benzene rings is 1. The fourth-order valence-corrected chi connectivity index (χ4v) is 2.62. The van der Waals surface area contributed by atoms with Crippen molar-refractivity contribution in [3.05, 3.63) is 36.2 Å². The van der Waals surface area contributed by atoms with Crippen LogP contribution in [0.15, 0.2) is 30.6 Å². The zero-order valence-corrected chi connectivity index (χ0v) is 16.0. The molecule has 1 heterocycles. The van der Waals surface area contributed by atoms with Crippen molar-refractivity contribution in [2.75, 3.05) is 38.7 Å². The number of amides is 1. The molecule has 0 aliphatic rings. The van der Waals surface area contributed by atoms with Crippen molar-refractivity contribution >= 4 is 11.6 Å². The van der Waals surface area contributed by atoms with Gasteiger partial charge in [0.1, 0.15) is 0 Å². The first kappa shape index (κ1) is 19.8. The maximum atomic E-state index is 12.5. The van der Waals surface area contributed by atoms with Crippen molar-refractivity contribution in [3.8, 4) is 11.5 Å². The van der Waals surface area contributed by atoms with Gasteiger partial charge in [-0.1, -0.05) is 13.8 Å².